The number of aliphatic hydroxyl groups excluding tert-OH is 1. The van der Waals surface area contributed by atoms with Crippen molar-refractivity contribution in [3.63, 3.8) is 0 Å². The summed E-state index contributed by atoms with van der Waals surface area (Å²) < 4.78 is 0. The molecule has 21 heavy (non-hydrogen) atoms. The zero-order chi connectivity index (χ0) is 15.1. The van der Waals surface area contributed by atoms with Gasteiger partial charge in [0.1, 0.15) is 6.04 Å². The predicted molar refractivity (Wildman–Crippen MR) is 79.5 cm³/mol. The fraction of sp³-hybridized carbons (Fsp3) is 0.188. The Morgan fingerprint density at radius 2 is 1.71 bits per heavy atom. The molecule has 4 N–H and O–H groups in total. The Hall–Kier alpha value is -2.21. The molecule has 0 aromatic heterocycles. The maximum atomic E-state index is 11.3. The monoisotopic (exact) mass is 286 g/mol. The molecule has 0 aliphatic heterocycles. The van der Waals surface area contributed by atoms with Crippen molar-refractivity contribution in [3.8, 4) is 11.1 Å². The lowest BCUT2D eigenvalue weighted by Crippen LogP contribution is -2.45. The summed E-state index contributed by atoms with van der Waals surface area (Å²) in [7, 11) is 0. The van der Waals surface area contributed by atoms with E-state index in [0.29, 0.717) is 6.54 Å². The smallest absolute Gasteiger partial charge is 0.262 e. The molecule has 5 nitrogen and oxygen atoms in total. The molecule has 0 radical (unpaired) electrons. The molecule has 0 aliphatic rings. The summed E-state index contributed by atoms with van der Waals surface area (Å²) in [5.41, 5.74) is 4.69. The van der Waals surface area contributed by atoms with Crippen molar-refractivity contribution < 1.29 is 15.1 Å². The van der Waals surface area contributed by atoms with Gasteiger partial charge in [-0.2, -0.15) is 0 Å². The van der Waals surface area contributed by atoms with E-state index in [4.69, 9.17) is 10.3 Å². The summed E-state index contributed by atoms with van der Waals surface area (Å²) in [6.45, 7) is 0.0175. The highest BCUT2D eigenvalue weighted by Gasteiger charge is 2.16. The van der Waals surface area contributed by atoms with Crippen LogP contribution in [0.5, 0.6) is 0 Å². The Bertz CT molecular complexity index is 587. The molecule has 0 spiro atoms. The van der Waals surface area contributed by atoms with Crippen LogP contribution in [0, 0.1) is 0 Å². The molecule has 2 rings (SSSR count). The summed E-state index contributed by atoms with van der Waals surface area (Å²) in [5.74, 6) is -0.658. The molecule has 0 saturated carbocycles. The molecule has 0 bridgehead atoms. The summed E-state index contributed by atoms with van der Waals surface area (Å²) in [4.78, 5) is 11.3. The Morgan fingerprint density at radius 3 is 2.38 bits per heavy atom. The zero-order valence-corrected chi connectivity index (χ0v) is 11.5. The summed E-state index contributed by atoms with van der Waals surface area (Å²) in [6.07, 6.45) is 0. The van der Waals surface area contributed by atoms with Crippen LogP contribution in [0.1, 0.15) is 5.56 Å². The van der Waals surface area contributed by atoms with E-state index in [1.165, 1.54) is 5.48 Å². The van der Waals surface area contributed by atoms with Crippen molar-refractivity contribution in [1.29, 1.82) is 0 Å². The summed E-state index contributed by atoms with van der Waals surface area (Å²) >= 11 is 0. The molecule has 2 aromatic carbocycles. The lowest BCUT2D eigenvalue weighted by molar-refractivity contribution is -0.132. The number of aliphatic hydroxyl groups is 1. The third-order valence-electron chi connectivity index (χ3n) is 3.25. The fourth-order valence-electron chi connectivity index (χ4n) is 2.13. The van der Waals surface area contributed by atoms with Gasteiger partial charge in [0, 0.05) is 6.54 Å². The van der Waals surface area contributed by atoms with Crippen LogP contribution in [0.2, 0.25) is 0 Å². The van der Waals surface area contributed by atoms with Gasteiger partial charge < -0.3 is 5.11 Å². The summed E-state index contributed by atoms with van der Waals surface area (Å²) in [5, 5.41) is 20.7. The maximum absolute atomic E-state index is 11.3. The van der Waals surface area contributed by atoms with Crippen LogP contribution in [0.4, 0.5) is 0 Å². The quantitative estimate of drug-likeness (QED) is 0.477. The standard InChI is InChI=1S/C16H18N2O3/c19-11-15(16(20)18-21)17-10-13-8-4-5-9-14(13)12-6-2-1-3-7-12/h1-9,15,17,19,21H,10-11H2,(H,18,20)/t15-/m0/s1. The molecular weight excluding hydrogens is 268 g/mol. The molecule has 1 atom stereocenters. The number of hydroxylamine groups is 1. The first-order chi connectivity index (χ1) is 10.3. The zero-order valence-electron chi connectivity index (χ0n) is 11.5. The van der Waals surface area contributed by atoms with Gasteiger partial charge in [-0.15, -0.1) is 0 Å². The number of rotatable bonds is 6. The third-order valence-corrected chi connectivity index (χ3v) is 3.25. The van der Waals surface area contributed by atoms with Gasteiger partial charge >= 0.3 is 0 Å². The van der Waals surface area contributed by atoms with Gasteiger partial charge in [0.05, 0.1) is 6.61 Å². The van der Waals surface area contributed by atoms with Crippen LogP contribution in [0.25, 0.3) is 11.1 Å². The van der Waals surface area contributed by atoms with Gasteiger partial charge in [-0.1, -0.05) is 54.6 Å². The van der Waals surface area contributed by atoms with E-state index >= 15 is 0 Å². The normalized spacial score (nSPS) is 11.9. The highest BCUT2D eigenvalue weighted by Crippen LogP contribution is 2.23. The third kappa shape index (κ3) is 3.88. The predicted octanol–water partition coefficient (Wildman–Crippen LogP) is 1.31. The van der Waals surface area contributed by atoms with Crippen molar-refractivity contribution in [2.45, 2.75) is 12.6 Å². The van der Waals surface area contributed by atoms with Crippen molar-refractivity contribution in [3.05, 3.63) is 60.2 Å². The van der Waals surface area contributed by atoms with Gasteiger partial charge in [-0.25, -0.2) is 5.48 Å². The van der Waals surface area contributed by atoms with Crippen molar-refractivity contribution in [1.82, 2.24) is 10.8 Å². The van der Waals surface area contributed by atoms with Crippen LogP contribution in [0.3, 0.4) is 0 Å². The van der Waals surface area contributed by atoms with Gasteiger partial charge in [0.25, 0.3) is 5.91 Å². The van der Waals surface area contributed by atoms with Crippen LogP contribution in [0.15, 0.2) is 54.6 Å². The fourth-order valence-corrected chi connectivity index (χ4v) is 2.13. The average Bonchev–Trinajstić information content (AvgIpc) is 2.56. The summed E-state index contributed by atoms with van der Waals surface area (Å²) in [6, 6.07) is 16.9. The molecule has 0 saturated heterocycles. The van der Waals surface area contributed by atoms with E-state index in [2.05, 4.69) is 5.32 Å². The van der Waals surface area contributed by atoms with E-state index < -0.39 is 11.9 Å². The molecule has 0 aliphatic carbocycles. The number of hydrogen-bond donors (Lipinski definition) is 4. The lowest BCUT2D eigenvalue weighted by Gasteiger charge is -2.16. The SMILES string of the molecule is O=C(NO)[C@H](CO)NCc1ccccc1-c1ccccc1. The minimum Gasteiger partial charge on any atom is -0.394 e. The topological polar surface area (TPSA) is 81.6 Å². The highest BCUT2D eigenvalue weighted by atomic mass is 16.5. The Labute approximate surface area is 123 Å². The average molecular weight is 286 g/mol. The number of carbonyl (C=O) groups is 1. The molecular formula is C16H18N2O3. The first-order valence-corrected chi connectivity index (χ1v) is 6.67. The van der Waals surface area contributed by atoms with Crippen molar-refractivity contribution >= 4 is 5.91 Å². The molecule has 2 aromatic rings. The van der Waals surface area contributed by atoms with Gasteiger partial charge in [0.15, 0.2) is 0 Å². The minimum atomic E-state index is -0.848. The second kappa shape index (κ2) is 7.54. The number of amides is 1. The molecule has 110 valence electrons. The first-order valence-electron chi connectivity index (χ1n) is 6.67. The Morgan fingerprint density at radius 1 is 1.05 bits per heavy atom. The van der Waals surface area contributed by atoms with Gasteiger partial charge in [-0.05, 0) is 16.7 Å². The van der Waals surface area contributed by atoms with Crippen LogP contribution >= 0.6 is 0 Å². The number of nitrogens with one attached hydrogen (secondary N) is 2. The van der Waals surface area contributed by atoms with E-state index in [9.17, 15) is 4.79 Å². The van der Waals surface area contributed by atoms with Crippen LogP contribution in [-0.4, -0.2) is 28.9 Å². The second-order valence-corrected chi connectivity index (χ2v) is 4.62. The van der Waals surface area contributed by atoms with Crippen molar-refractivity contribution in [2.24, 2.45) is 0 Å². The van der Waals surface area contributed by atoms with Crippen LogP contribution in [-0.2, 0) is 11.3 Å². The van der Waals surface area contributed by atoms with E-state index in [-0.39, 0.29) is 6.61 Å². The largest absolute Gasteiger partial charge is 0.394 e. The van der Waals surface area contributed by atoms with E-state index in [1.807, 2.05) is 54.6 Å². The highest BCUT2D eigenvalue weighted by molar-refractivity contribution is 5.80. The number of hydrogen-bond acceptors (Lipinski definition) is 4. The number of benzene rings is 2. The molecule has 1 amide bonds. The molecule has 0 fully saturated rings. The molecule has 0 unspecified atom stereocenters. The van der Waals surface area contributed by atoms with E-state index in [0.717, 1.165) is 16.7 Å². The molecule has 0 heterocycles. The number of carbonyl (C=O) groups excluding carboxylic acids is 1. The second-order valence-electron chi connectivity index (χ2n) is 4.62. The van der Waals surface area contributed by atoms with Crippen LogP contribution < -0.4 is 10.8 Å². The van der Waals surface area contributed by atoms with E-state index in [1.54, 1.807) is 0 Å². The first kappa shape index (κ1) is 15.2. The van der Waals surface area contributed by atoms with Gasteiger partial charge in [0.2, 0.25) is 0 Å². The Balaban J connectivity index is 2.16. The maximum Gasteiger partial charge on any atom is 0.262 e. The van der Waals surface area contributed by atoms with Crippen molar-refractivity contribution in [2.75, 3.05) is 6.61 Å². The minimum absolute atomic E-state index is 0.389. The van der Waals surface area contributed by atoms with Gasteiger partial charge in [-0.3, -0.25) is 15.3 Å². The molecule has 5 heteroatoms. The lowest BCUT2D eigenvalue weighted by atomic mass is 9.99. The Kier molecular flexibility index (Phi) is 5.45.